The highest BCUT2D eigenvalue weighted by molar-refractivity contribution is 6.18. The summed E-state index contributed by atoms with van der Waals surface area (Å²) in [5, 5.41) is 0. The molecule has 0 bridgehead atoms. The number of benzene rings is 1. The summed E-state index contributed by atoms with van der Waals surface area (Å²) in [4.78, 5) is 14.7. The van der Waals surface area contributed by atoms with Crippen LogP contribution in [-0.4, -0.2) is 29.3 Å². The number of halogens is 1. The predicted octanol–water partition coefficient (Wildman–Crippen LogP) is 3.93. The van der Waals surface area contributed by atoms with Gasteiger partial charge in [0.25, 0.3) is 5.91 Å². The minimum atomic E-state index is 0.144. The normalized spacial score (nSPS) is 20.2. The monoisotopic (exact) mass is 279 g/mol. The van der Waals surface area contributed by atoms with Crippen molar-refractivity contribution in [2.45, 2.75) is 45.6 Å². The van der Waals surface area contributed by atoms with Crippen molar-refractivity contribution in [2.24, 2.45) is 0 Å². The molecular weight excluding hydrogens is 258 g/mol. The fraction of sp³-hybridized carbons (Fsp3) is 0.562. The predicted molar refractivity (Wildman–Crippen MR) is 79.9 cm³/mol. The van der Waals surface area contributed by atoms with Crippen LogP contribution >= 0.6 is 11.6 Å². The van der Waals surface area contributed by atoms with E-state index in [1.165, 1.54) is 18.4 Å². The number of nitrogens with zero attached hydrogens (tertiary/aromatic N) is 1. The Labute approximate surface area is 120 Å². The van der Waals surface area contributed by atoms with E-state index in [1.54, 1.807) is 0 Å². The van der Waals surface area contributed by atoms with Crippen LogP contribution in [0.3, 0.4) is 0 Å². The molecule has 0 radical (unpaired) electrons. The summed E-state index contributed by atoms with van der Waals surface area (Å²) >= 11 is 6.05. The number of carbonyl (C=O) groups excluding carboxylic acids is 1. The summed E-state index contributed by atoms with van der Waals surface area (Å²) in [5.74, 6) is 0.682. The third-order valence-corrected chi connectivity index (χ3v) is 4.28. The van der Waals surface area contributed by atoms with E-state index < -0.39 is 0 Å². The van der Waals surface area contributed by atoms with E-state index in [4.69, 9.17) is 11.6 Å². The number of carbonyl (C=O) groups is 1. The van der Waals surface area contributed by atoms with Crippen LogP contribution in [0.25, 0.3) is 0 Å². The molecule has 0 saturated carbocycles. The first-order valence-electron chi connectivity index (χ1n) is 7.07. The van der Waals surface area contributed by atoms with Crippen LogP contribution in [0.1, 0.15) is 47.2 Å². The van der Waals surface area contributed by atoms with E-state index >= 15 is 0 Å². The second kappa shape index (κ2) is 6.42. The molecule has 1 heterocycles. The van der Waals surface area contributed by atoms with Gasteiger partial charge in [0.05, 0.1) is 0 Å². The molecule has 1 aliphatic heterocycles. The number of rotatable bonds is 2. The van der Waals surface area contributed by atoms with Gasteiger partial charge >= 0.3 is 0 Å². The Morgan fingerprint density at radius 2 is 2.11 bits per heavy atom. The average molecular weight is 280 g/mol. The smallest absolute Gasteiger partial charge is 0.254 e. The van der Waals surface area contributed by atoms with Crippen molar-refractivity contribution >= 4 is 17.5 Å². The van der Waals surface area contributed by atoms with Crippen LogP contribution in [0, 0.1) is 13.8 Å². The zero-order valence-corrected chi connectivity index (χ0v) is 12.5. The van der Waals surface area contributed by atoms with Crippen molar-refractivity contribution in [3.05, 3.63) is 34.9 Å². The van der Waals surface area contributed by atoms with Crippen LogP contribution in [0.5, 0.6) is 0 Å². The second-order valence-electron chi connectivity index (χ2n) is 5.47. The first-order valence-corrected chi connectivity index (χ1v) is 7.61. The van der Waals surface area contributed by atoms with Gasteiger partial charge in [-0.2, -0.15) is 0 Å². The number of alkyl halides is 1. The summed E-state index contributed by atoms with van der Waals surface area (Å²) in [5.41, 5.74) is 3.07. The third kappa shape index (κ3) is 3.30. The Balaban J connectivity index is 2.25. The van der Waals surface area contributed by atoms with Gasteiger partial charge in [0.1, 0.15) is 0 Å². The fourth-order valence-corrected chi connectivity index (χ4v) is 3.13. The number of likely N-dealkylation sites (tertiary alicyclic amines) is 1. The lowest BCUT2D eigenvalue weighted by molar-refractivity contribution is 0.0699. The molecule has 1 unspecified atom stereocenters. The number of aryl methyl sites for hydroxylation is 2. The molecule has 2 nitrogen and oxygen atoms in total. The molecule has 0 aliphatic carbocycles. The van der Waals surface area contributed by atoms with Crippen LogP contribution in [0.2, 0.25) is 0 Å². The van der Waals surface area contributed by atoms with Gasteiger partial charge in [0.15, 0.2) is 0 Å². The molecule has 19 heavy (non-hydrogen) atoms. The molecule has 1 fully saturated rings. The van der Waals surface area contributed by atoms with Gasteiger partial charge in [-0.3, -0.25) is 4.79 Å². The van der Waals surface area contributed by atoms with E-state index in [1.807, 2.05) is 24.0 Å². The molecule has 2 rings (SSSR count). The van der Waals surface area contributed by atoms with Crippen molar-refractivity contribution in [3.63, 3.8) is 0 Å². The lowest BCUT2D eigenvalue weighted by atomic mass is 10.0. The van der Waals surface area contributed by atoms with Gasteiger partial charge in [-0.1, -0.05) is 30.5 Å². The number of amides is 1. The zero-order chi connectivity index (χ0) is 13.8. The fourth-order valence-electron chi connectivity index (χ4n) is 2.81. The maximum Gasteiger partial charge on any atom is 0.254 e. The molecule has 1 aliphatic rings. The Hall–Kier alpha value is -1.02. The van der Waals surface area contributed by atoms with Gasteiger partial charge in [-0.25, -0.2) is 0 Å². The molecule has 0 aromatic heterocycles. The van der Waals surface area contributed by atoms with E-state index in [2.05, 4.69) is 13.0 Å². The first-order chi connectivity index (χ1) is 9.13. The minimum Gasteiger partial charge on any atom is -0.334 e. The summed E-state index contributed by atoms with van der Waals surface area (Å²) in [6.07, 6.45) is 4.49. The van der Waals surface area contributed by atoms with Crippen molar-refractivity contribution < 1.29 is 4.79 Å². The van der Waals surface area contributed by atoms with Gasteiger partial charge in [-0.15, -0.1) is 11.6 Å². The third-order valence-electron chi connectivity index (χ3n) is 3.93. The van der Waals surface area contributed by atoms with Gasteiger partial charge in [0, 0.05) is 24.0 Å². The summed E-state index contributed by atoms with van der Waals surface area (Å²) < 4.78 is 0. The van der Waals surface area contributed by atoms with E-state index in [0.717, 1.165) is 30.5 Å². The molecule has 0 N–H and O–H groups in total. The minimum absolute atomic E-state index is 0.144. The molecule has 1 aromatic rings. The highest BCUT2D eigenvalue weighted by Crippen LogP contribution is 2.22. The molecule has 0 spiro atoms. The Kier molecular flexibility index (Phi) is 4.87. The highest BCUT2D eigenvalue weighted by atomic mass is 35.5. The van der Waals surface area contributed by atoms with Gasteiger partial charge < -0.3 is 4.90 Å². The lowest BCUT2D eigenvalue weighted by Crippen LogP contribution is -2.41. The molecular formula is C16H22ClNO. The largest absolute Gasteiger partial charge is 0.334 e. The summed E-state index contributed by atoms with van der Waals surface area (Å²) in [6, 6.07) is 6.22. The molecule has 1 atom stereocenters. The molecule has 3 heteroatoms. The van der Waals surface area contributed by atoms with Crippen LogP contribution < -0.4 is 0 Å². The van der Waals surface area contributed by atoms with E-state index in [0.29, 0.717) is 5.88 Å². The van der Waals surface area contributed by atoms with E-state index in [-0.39, 0.29) is 11.9 Å². The number of hydrogen-bond donors (Lipinski definition) is 0. The standard InChI is InChI=1S/C16H22ClNO/c1-12-7-8-15(13(2)10-12)16(19)18-9-5-3-4-6-14(18)11-17/h7-8,10,14H,3-6,9,11H2,1-2H3. The summed E-state index contributed by atoms with van der Waals surface area (Å²) in [7, 11) is 0. The van der Waals surface area contributed by atoms with Crippen LogP contribution in [-0.2, 0) is 0 Å². The van der Waals surface area contributed by atoms with Crippen LogP contribution in [0.15, 0.2) is 18.2 Å². The lowest BCUT2D eigenvalue weighted by Gasteiger charge is -2.29. The number of hydrogen-bond acceptors (Lipinski definition) is 1. The topological polar surface area (TPSA) is 20.3 Å². The quantitative estimate of drug-likeness (QED) is 0.751. The van der Waals surface area contributed by atoms with Crippen molar-refractivity contribution in [2.75, 3.05) is 12.4 Å². The molecule has 104 valence electrons. The Morgan fingerprint density at radius 3 is 2.79 bits per heavy atom. The molecule has 1 saturated heterocycles. The molecule has 1 aromatic carbocycles. The van der Waals surface area contributed by atoms with Gasteiger partial charge in [0.2, 0.25) is 0 Å². The molecule has 1 amide bonds. The van der Waals surface area contributed by atoms with E-state index in [9.17, 15) is 4.79 Å². The van der Waals surface area contributed by atoms with Crippen LogP contribution in [0.4, 0.5) is 0 Å². The Morgan fingerprint density at radius 1 is 1.32 bits per heavy atom. The SMILES string of the molecule is Cc1ccc(C(=O)N2CCCCCC2CCl)c(C)c1. The maximum atomic E-state index is 12.7. The second-order valence-corrected chi connectivity index (χ2v) is 5.78. The first kappa shape index (κ1) is 14.4. The van der Waals surface area contributed by atoms with Crippen molar-refractivity contribution in [1.82, 2.24) is 4.90 Å². The average Bonchev–Trinajstić information content (AvgIpc) is 2.63. The zero-order valence-electron chi connectivity index (χ0n) is 11.8. The van der Waals surface area contributed by atoms with Crippen molar-refractivity contribution in [3.8, 4) is 0 Å². The van der Waals surface area contributed by atoms with Crippen molar-refractivity contribution in [1.29, 1.82) is 0 Å². The van der Waals surface area contributed by atoms with Gasteiger partial charge in [-0.05, 0) is 38.3 Å². The highest BCUT2D eigenvalue weighted by Gasteiger charge is 2.26. The summed E-state index contributed by atoms with van der Waals surface area (Å²) in [6.45, 7) is 4.89. The Bertz CT molecular complexity index is 458. The maximum absolute atomic E-state index is 12.7.